The zero-order valence-electron chi connectivity index (χ0n) is 10.3. The van der Waals surface area contributed by atoms with Crippen LogP contribution in [0.2, 0.25) is 0 Å². The van der Waals surface area contributed by atoms with Gasteiger partial charge in [-0.05, 0) is 0 Å². The quantitative estimate of drug-likeness (QED) is 0.652. The Labute approximate surface area is 107 Å². The second-order valence-electron chi connectivity index (χ2n) is 4.53. The molecule has 0 aromatic rings. The fourth-order valence-electron chi connectivity index (χ4n) is 2.38. The monoisotopic (exact) mass is 280 g/mol. The summed E-state index contributed by atoms with van der Waals surface area (Å²) in [5.41, 5.74) is 0. The SMILES string of the molecule is O=S(=O)(O)CC(N1CCOCC1)N1CCOCC1. The first kappa shape index (κ1) is 14.2. The maximum atomic E-state index is 11.2. The van der Waals surface area contributed by atoms with Crippen molar-refractivity contribution in [3.05, 3.63) is 0 Å². The molecule has 0 atom stereocenters. The van der Waals surface area contributed by atoms with Gasteiger partial charge in [0.15, 0.2) is 0 Å². The molecule has 8 heteroatoms. The molecular weight excluding hydrogens is 260 g/mol. The zero-order chi connectivity index (χ0) is 13.0. The third-order valence-electron chi connectivity index (χ3n) is 3.29. The largest absolute Gasteiger partial charge is 0.379 e. The first-order valence-electron chi connectivity index (χ1n) is 6.15. The molecule has 0 saturated carbocycles. The fraction of sp³-hybridized carbons (Fsp3) is 1.00. The van der Waals surface area contributed by atoms with Crippen molar-refractivity contribution >= 4 is 10.1 Å². The van der Waals surface area contributed by atoms with Crippen LogP contribution < -0.4 is 0 Å². The lowest BCUT2D eigenvalue weighted by atomic mass is 10.3. The highest BCUT2D eigenvalue weighted by Crippen LogP contribution is 2.13. The van der Waals surface area contributed by atoms with E-state index in [1.54, 1.807) is 0 Å². The minimum absolute atomic E-state index is 0.257. The molecule has 0 aliphatic carbocycles. The predicted molar refractivity (Wildman–Crippen MR) is 65.0 cm³/mol. The molecule has 2 fully saturated rings. The molecule has 0 aromatic carbocycles. The summed E-state index contributed by atoms with van der Waals surface area (Å²) in [6.45, 7) is 5.18. The summed E-state index contributed by atoms with van der Waals surface area (Å²) in [7, 11) is -3.99. The van der Waals surface area contributed by atoms with Crippen molar-refractivity contribution in [1.29, 1.82) is 0 Å². The summed E-state index contributed by atoms with van der Waals surface area (Å²) in [4.78, 5) is 4.12. The molecule has 106 valence electrons. The van der Waals surface area contributed by atoms with Crippen LogP contribution in [0.4, 0.5) is 0 Å². The Morgan fingerprint density at radius 1 is 0.944 bits per heavy atom. The van der Waals surface area contributed by atoms with Gasteiger partial charge < -0.3 is 9.47 Å². The topological polar surface area (TPSA) is 79.3 Å². The highest BCUT2D eigenvalue weighted by atomic mass is 32.2. The molecular formula is C10H20N2O5S. The second kappa shape index (κ2) is 6.27. The van der Waals surface area contributed by atoms with E-state index in [2.05, 4.69) is 9.80 Å². The molecule has 0 amide bonds. The van der Waals surface area contributed by atoms with Gasteiger partial charge in [0.1, 0.15) is 5.75 Å². The third-order valence-corrected chi connectivity index (χ3v) is 4.01. The van der Waals surface area contributed by atoms with Crippen molar-refractivity contribution in [2.75, 3.05) is 58.4 Å². The van der Waals surface area contributed by atoms with Crippen LogP contribution in [0.1, 0.15) is 0 Å². The Morgan fingerprint density at radius 3 is 1.67 bits per heavy atom. The number of morpholine rings is 2. The van der Waals surface area contributed by atoms with E-state index in [9.17, 15) is 8.42 Å². The van der Waals surface area contributed by atoms with Gasteiger partial charge in [0.05, 0.1) is 32.6 Å². The lowest BCUT2D eigenvalue weighted by molar-refractivity contribution is -0.0582. The standard InChI is InChI=1S/C10H20N2O5S/c13-18(14,15)9-10(11-1-5-16-6-2-11)12-3-7-17-8-4-12/h10H,1-9H2,(H,13,14,15). The molecule has 0 radical (unpaired) electrons. The molecule has 7 nitrogen and oxygen atoms in total. The summed E-state index contributed by atoms with van der Waals surface area (Å²) >= 11 is 0. The zero-order valence-corrected chi connectivity index (χ0v) is 11.1. The number of rotatable bonds is 4. The van der Waals surface area contributed by atoms with Crippen molar-refractivity contribution in [2.24, 2.45) is 0 Å². The minimum Gasteiger partial charge on any atom is -0.379 e. The minimum atomic E-state index is -3.99. The van der Waals surface area contributed by atoms with Gasteiger partial charge in [-0.2, -0.15) is 8.42 Å². The lowest BCUT2D eigenvalue weighted by Gasteiger charge is -2.42. The van der Waals surface area contributed by atoms with E-state index in [0.29, 0.717) is 52.6 Å². The molecule has 0 bridgehead atoms. The van der Waals surface area contributed by atoms with E-state index in [1.807, 2.05) is 0 Å². The Hall–Kier alpha value is -0.250. The molecule has 18 heavy (non-hydrogen) atoms. The van der Waals surface area contributed by atoms with Crippen LogP contribution >= 0.6 is 0 Å². The lowest BCUT2D eigenvalue weighted by Crippen LogP contribution is -2.57. The Kier molecular flexibility index (Phi) is 4.93. The van der Waals surface area contributed by atoms with Gasteiger partial charge in [-0.1, -0.05) is 0 Å². The molecule has 2 heterocycles. The normalized spacial score (nSPS) is 24.6. The average molecular weight is 280 g/mol. The molecule has 2 saturated heterocycles. The number of hydrogen-bond acceptors (Lipinski definition) is 6. The van der Waals surface area contributed by atoms with Crippen molar-refractivity contribution in [3.8, 4) is 0 Å². The van der Waals surface area contributed by atoms with Crippen molar-refractivity contribution < 1.29 is 22.4 Å². The Balaban J connectivity index is 2.05. The number of nitrogens with zero attached hydrogens (tertiary/aromatic N) is 2. The van der Waals surface area contributed by atoms with Crippen LogP contribution in [-0.4, -0.2) is 87.3 Å². The smallest absolute Gasteiger partial charge is 0.267 e. The van der Waals surface area contributed by atoms with Gasteiger partial charge in [-0.3, -0.25) is 14.4 Å². The van der Waals surface area contributed by atoms with Crippen molar-refractivity contribution in [3.63, 3.8) is 0 Å². The van der Waals surface area contributed by atoms with Gasteiger partial charge in [0.25, 0.3) is 10.1 Å². The van der Waals surface area contributed by atoms with E-state index in [4.69, 9.17) is 14.0 Å². The van der Waals surface area contributed by atoms with Crippen LogP contribution in [0.25, 0.3) is 0 Å². The Bertz CT molecular complexity index is 331. The Morgan fingerprint density at radius 2 is 1.33 bits per heavy atom. The van der Waals surface area contributed by atoms with E-state index >= 15 is 0 Å². The van der Waals surface area contributed by atoms with Crippen molar-refractivity contribution in [2.45, 2.75) is 6.17 Å². The van der Waals surface area contributed by atoms with Gasteiger partial charge in [0, 0.05) is 26.2 Å². The van der Waals surface area contributed by atoms with E-state index < -0.39 is 10.1 Å². The van der Waals surface area contributed by atoms with Crippen LogP contribution in [0, 0.1) is 0 Å². The fourth-order valence-corrected chi connectivity index (χ4v) is 3.18. The van der Waals surface area contributed by atoms with Crippen LogP contribution in [0.15, 0.2) is 0 Å². The van der Waals surface area contributed by atoms with Crippen LogP contribution in [0.5, 0.6) is 0 Å². The summed E-state index contributed by atoms with van der Waals surface area (Å²) in [6.07, 6.45) is -0.284. The first-order valence-corrected chi connectivity index (χ1v) is 7.76. The maximum absolute atomic E-state index is 11.2. The molecule has 2 rings (SSSR count). The van der Waals surface area contributed by atoms with E-state index in [1.165, 1.54) is 0 Å². The van der Waals surface area contributed by atoms with Gasteiger partial charge in [0.2, 0.25) is 0 Å². The second-order valence-corrected chi connectivity index (χ2v) is 6.02. The summed E-state index contributed by atoms with van der Waals surface area (Å²) in [5, 5.41) is 0. The first-order chi connectivity index (χ1) is 8.56. The van der Waals surface area contributed by atoms with Gasteiger partial charge >= 0.3 is 0 Å². The highest BCUT2D eigenvalue weighted by molar-refractivity contribution is 7.85. The average Bonchev–Trinajstić information content (AvgIpc) is 2.37. The number of ether oxygens (including phenoxy) is 2. The van der Waals surface area contributed by atoms with E-state index in [0.717, 1.165) is 0 Å². The molecule has 2 aliphatic heterocycles. The molecule has 1 N–H and O–H groups in total. The van der Waals surface area contributed by atoms with Crippen LogP contribution in [-0.2, 0) is 19.6 Å². The summed E-state index contributed by atoms with van der Waals surface area (Å²) in [6, 6.07) is 0. The molecule has 0 unspecified atom stereocenters. The molecule has 2 aliphatic rings. The third kappa shape index (κ3) is 4.15. The predicted octanol–water partition coefficient (Wildman–Crippen LogP) is -1.14. The van der Waals surface area contributed by atoms with Gasteiger partial charge in [-0.15, -0.1) is 0 Å². The maximum Gasteiger partial charge on any atom is 0.267 e. The van der Waals surface area contributed by atoms with Crippen LogP contribution in [0.3, 0.4) is 0 Å². The van der Waals surface area contributed by atoms with Crippen molar-refractivity contribution in [1.82, 2.24) is 9.80 Å². The van der Waals surface area contributed by atoms with Gasteiger partial charge in [-0.25, -0.2) is 0 Å². The highest BCUT2D eigenvalue weighted by Gasteiger charge is 2.31. The molecule has 0 aromatic heterocycles. The van der Waals surface area contributed by atoms with E-state index in [-0.39, 0.29) is 11.9 Å². The molecule has 0 spiro atoms. The summed E-state index contributed by atoms with van der Waals surface area (Å²) < 4.78 is 42.0. The summed E-state index contributed by atoms with van der Waals surface area (Å²) in [5.74, 6) is -0.257. The number of hydrogen-bond donors (Lipinski definition) is 1.